The van der Waals surface area contributed by atoms with E-state index in [0.717, 1.165) is 4.90 Å². The van der Waals surface area contributed by atoms with Gasteiger partial charge in [0.05, 0.1) is 0 Å². The molecule has 10 heteroatoms. The van der Waals surface area contributed by atoms with E-state index in [-0.39, 0.29) is 30.7 Å². The number of amides is 3. The summed E-state index contributed by atoms with van der Waals surface area (Å²) in [7, 11) is 2.81. The number of hydrogen-bond donors (Lipinski definition) is 3. The van der Waals surface area contributed by atoms with Crippen molar-refractivity contribution in [2.24, 2.45) is 5.73 Å². The minimum absolute atomic E-state index is 0.0759. The summed E-state index contributed by atoms with van der Waals surface area (Å²) in [5.41, 5.74) is 8.26. The molecule has 0 aliphatic carbocycles. The molecular formula is C10H14N4O4S2. The third-order valence-corrected chi connectivity index (χ3v) is 4.62. The number of hydrogen-bond acceptors (Lipinski definition) is 8. The Kier molecular flexibility index (Phi) is 5.05. The lowest BCUT2D eigenvalue weighted by Gasteiger charge is -2.13. The van der Waals surface area contributed by atoms with Gasteiger partial charge in [0, 0.05) is 38.2 Å². The summed E-state index contributed by atoms with van der Waals surface area (Å²) in [4.78, 5) is 40.1. The monoisotopic (exact) mass is 318 g/mol. The van der Waals surface area contributed by atoms with E-state index in [0.29, 0.717) is 13.1 Å². The van der Waals surface area contributed by atoms with Gasteiger partial charge in [-0.25, -0.2) is 0 Å². The van der Waals surface area contributed by atoms with E-state index < -0.39 is 4.39 Å². The molecule has 20 heavy (non-hydrogen) atoms. The van der Waals surface area contributed by atoms with E-state index in [1.165, 1.54) is 33.7 Å². The van der Waals surface area contributed by atoms with Crippen molar-refractivity contribution in [1.29, 1.82) is 0 Å². The second kappa shape index (κ2) is 6.59. The molecule has 4 N–H and O–H groups in total. The van der Waals surface area contributed by atoms with Crippen molar-refractivity contribution in [3.05, 3.63) is 12.2 Å². The van der Waals surface area contributed by atoms with Crippen molar-refractivity contribution in [2.75, 3.05) is 19.6 Å². The Balaban J connectivity index is 1.52. The highest BCUT2D eigenvalue weighted by Crippen LogP contribution is 2.60. The molecule has 110 valence electrons. The van der Waals surface area contributed by atoms with Crippen molar-refractivity contribution in [1.82, 2.24) is 15.7 Å². The highest BCUT2D eigenvalue weighted by molar-refractivity contribution is 8.93. The minimum Gasteiger partial charge on any atom is -0.355 e. The Labute approximate surface area is 123 Å². The van der Waals surface area contributed by atoms with E-state index >= 15 is 0 Å². The summed E-state index contributed by atoms with van der Waals surface area (Å²) in [6, 6.07) is 0. The van der Waals surface area contributed by atoms with Crippen LogP contribution in [-0.4, -0.2) is 46.6 Å². The van der Waals surface area contributed by atoms with Gasteiger partial charge in [0.2, 0.25) is 5.91 Å². The van der Waals surface area contributed by atoms with Crippen LogP contribution in [0.2, 0.25) is 0 Å². The fourth-order valence-electron chi connectivity index (χ4n) is 1.43. The third kappa shape index (κ3) is 4.49. The molecule has 3 amide bonds. The van der Waals surface area contributed by atoms with Gasteiger partial charge >= 0.3 is 0 Å². The zero-order chi connectivity index (χ0) is 14.6. The Bertz CT molecular complexity index is 435. The van der Waals surface area contributed by atoms with E-state index in [1.807, 2.05) is 0 Å². The normalized spacial score (nSPS) is 19.6. The molecule has 0 aromatic carbocycles. The molecule has 0 unspecified atom stereocenters. The maximum absolute atomic E-state index is 11.5. The quantitative estimate of drug-likeness (QED) is 0.129. The number of nitrogens with one attached hydrogen (secondary N) is 2. The SMILES string of the molecule is NC1(ONCCNC(=O)CCN2C(=O)C=CC2=O)SS1. The smallest absolute Gasteiger partial charge is 0.253 e. The first-order valence-electron chi connectivity index (χ1n) is 5.87. The van der Waals surface area contributed by atoms with Gasteiger partial charge in [-0.1, -0.05) is 0 Å². The summed E-state index contributed by atoms with van der Waals surface area (Å²) >= 11 is 0. The lowest BCUT2D eigenvalue weighted by molar-refractivity contribution is -0.137. The summed E-state index contributed by atoms with van der Waals surface area (Å²) < 4.78 is -0.701. The molecule has 0 saturated carbocycles. The van der Waals surface area contributed by atoms with Gasteiger partial charge in [0.1, 0.15) is 0 Å². The van der Waals surface area contributed by atoms with Crippen LogP contribution in [0.4, 0.5) is 0 Å². The molecule has 2 rings (SSSR count). The van der Waals surface area contributed by atoms with E-state index in [2.05, 4.69) is 10.8 Å². The molecule has 2 aliphatic heterocycles. The van der Waals surface area contributed by atoms with Crippen LogP contribution in [0.1, 0.15) is 6.42 Å². The predicted octanol–water partition coefficient (Wildman–Crippen LogP) is -1.10. The van der Waals surface area contributed by atoms with Crippen LogP contribution in [-0.2, 0) is 19.2 Å². The summed E-state index contributed by atoms with van der Waals surface area (Å²) in [6.45, 7) is 0.860. The first-order chi connectivity index (χ1) is 9.50. The number of nitrogens with zero attached hydrogens (tertiary/aromatic N) is 1. The Morgan fingerprint density at radius 2 is 1.95 bits per heavy atom. The summed E-state index contributed by atoms with van der Waals surface area (Å²) in [6.07, 6.45) is 2.46. The van der Waals surface area contributed by atoms with Crippen molar-refractivity contribution < 1.29 is 19.2 Å². The average Bonchev–Trinajstić information content (AvgIpc) is 3.05. The third-order valence-electron chi connectivity index (χ3n) is 2.47. The number of nitrogens with two attached hydrogens (primary N) is 1. The van der Waals surface area contributed by atoms with Crippen LogP contribution < -0.4 is 16.5 Å². The molecule has 0 bridgehead atoms. The lowest BCUT2D eigenvalue weighted by atomic mass is 10.3. The zero-order valence-electron chi connectivity index (χ0n) is 10.5. The van der Waals surface area contributed by atoms with Crippen LogP contribution in [0.3, 0.4) is 0 Å². The van der Waals surface area contributed by atoms with Gasteiger partial charge in [0.25, 0.3) is 16.2 Å². The predicted molar refractivity (Wildman–Crippen MR) is 74.7 cm³/mol. The van der Waals surface area contributed by atoms with Crippen LogP contribution >= 0.6 is 21.6 Å². The Morgan fingerprint density at radius 1 is 1.30 bits per heavy atom. The van der Waals surface area contributed by atoms with Gasteiger partial charge in [-0.05, 0) is 21.6 Å². The van der Waals surface area contributed by atoms with Gasteiger partial charge in [-0.2, -0.15) is 5.48 Å². The topological polar surface area (TPSA) is 114 Å². The minimum atomic E-state index is -0.701. The van der Waals surface area contributed by atoms with Crippen molar-refractivity contribution in [3.63, 3.8) is 0 Å². The molecule has 0 atom stereocenters. The van der Waals surface area contributed by atoms with Crippen LogP contribution in [0.5, 0.6) is 0 Å². The Hall–Kier alpha value is -1.07. The van der Waals surface area contributed by atoms with Crippen LogP contribution in [0, 0.1) is 0 Å². The molecule has 2 aliphatic rings. The second-order valence-electron chi connectivity index (χ2n) is 4.03. The molecule has 8 nitrogen and oxygen atoms in total. The molecule has 1 saturated heterocycles. The van der Waals surface area contributed by atoms with E-state index in [4.69, 9.17) is 10.6 Å². The fraction of sp³-hybridized carbons (Fsp3) is 0.500. The van der Waals surface area contributed by atoms with E-state index in [1.54, 1.807) is 0 Å². The first-order valence-corrected chi connectivity index (χ1v) is 8.02. The van der Waals surface area contributed by atoms with Crippen molar-refractivity contribution >= 4 is 39.3 Å². The number of hydroxylamine groups is 1. The first kappa shape index (κ1) is 15.3. The molecule has 1 fully saturated rings. The maximum atomic E-state index is 11.5. The maximum Gasteiger partial charge on any atom is 0.253 e. The van der Waals surface area contributed by atoms with Gasteiger partial charge in [-0.15, -0.1) is 0 Å². The van der Waals surface area contributed by atoms with Crippen LogP contribution in [0.15, 0.2) is 12.2 Å². The number of carbonyl (C=O) groups is 3. The fourth-order valence-corrected chi connectivity index (χ4v) is 2.15. The van der Waals surface area contributed by atoms with Gasteiger partial charge in [0.15, 0.2) is 0 Å². The summed E-state index contributed by atoms with van der Waals surface area (Å²) in [5.74, 6) is -1.01. The number of imide groups is 1. The molecule has 0 radical (unpaired) electrons. The molecule has 0 spiro atoms. The molecule has 0 aromatic rings. The van der Waals surface area contributed by atoms with Crippen molar-refractivity contribution in [3.8, 4) is 0 Å². The lowest BCUT2D eigenvalue weighted by Crippen LogP contribution is -2.38. The van der Waals surface area contributed by atoms with E-state index in [9.17, 15) is 14.4 Å². The van der Waals surface area contributed by atoms with Gasteiger partial charge < -0.3 is 5.32 Å². The second-order valence-corrected chi connectivity index (χ2v) is 6.83. The highest BCUT2D eigenvalue weighted by atomic mass is 33.2. The largest absolute Gasteiger partial charge is 0.355 e. The molecular weight excluding hydrogens is 304 g/mol. The molecule has 2 heterocycles. The summed E-state index contributed by atoms with van der Waals surface area (Å²) in [5, 5.41) is 2.64. The average molecular weight is 318 g/mol. The number of rotatable bonds is 8. The van der Waals surface area contributed by atoms with Crippen molar-refractivity contribution in [2.45, 2.75) is 10.8 Å². The van der Waals surface area contributed by atoms with Crippen LogP contribution in [0.25, 0.3) is 0 Å². The Morgan fingerprint density at radius 3 is 2.55 bits per heavy atom. The number of carbonyl (C=O) groups excluding carboxylic acids is 3. The standard InChI is InChI=1S/C10H14N4O4S2/c11-10(19-20-10)18-13-5-4-12-7(15)3-6-14-8(16)1-2-9(14)17/h1-2,13H,3-6,11H2,(H,12,15). The van der Waals surface area contributed by atoms with Gasteiger partial charge in [-0.3, -0.25) is 29.9 Å². The molecule has 0 aromatic heterocycles. The zero-order valence-corrected chi connectivity index (χ0v) is 12.1. The highest BCUT2D eigenvalue weighted by Gasteiger charge is 2.44.